The number of unbranched alkanes of at least 4 members (excludes halogenated alkanes) is 2. The fraction of sp³-hybridized carbons (Fsp3) is 0.370. The highest BCUT2D eigenvalue weighted by Crippen LogP contribution is 2.51. The van der Waals surface area contributed by atoms with Crippen LogP contribution >= 0.6 is 11.8 Å². The van der Waals surface area contributed by atoms with Crippen molar-refractivity contribution in [3.63, 3.8) is 0 Å². The van der Waals surface area contributed by atoms with Crippen LogP contribution in [0.3, 0.4) is 0 Å². The van der Waals surface area contributed by atoms with Gasteiger partial charge in [-0.15, -0.1) is 0 Å². The molecule has 0 aliphatic heterocycles. The van der Waals surface area contributed by atoms with E-state index in [-0.39, 0.29) is 6.61 Å². The Morgan fingerprint density at radius 3 is 2.30 bits per heavy atom. The molecule has 10 heteroatoms. The quantitative estimate of drug-likeness (QED) is 0.183. The number of alkyl halides is 3. The van der Waals surface area contributed by atoms with Crippen LogP contribution in [0.15, 0.2) is 59.9 Å². The normalized spacial score (nSPS) is 13.6. The summed E-state index contributed by atoms with van der Waals surface area (Å²) in [5, 5.41) is 2.78. The van der Waals surface area contributed by atoms with Crippen LogP contribution in [0.4, 0.5) is 13.2 Å². The van der Waals surface area contributed by atoms with E-state index in [1.54, 1.807) is 6.92 Å². The average Bonchev–Trinajstić information content (AvgIpc) is 3.46. The van der Waals surface area contributed by atoms with Crippen LogP contribution in [0.5, 0.6) is 0 Å². The smallest absolute Gasteiger partial charge is 0.405 e. The molecule has 0 radical (unpaired) electrons. The number of amides is 1. The van der Waals surface area contributed by atoms with Crippen molar-refractivity contribution in [3.05, 3.63) is 71.5 Å². The van der Waals surface area contributed by atoms with E-state index in [4.69, 9.17) is 4.74 Å². The minimum atomic E-state index is -4.50. The fourth-order valence-electron chi connectivity index (χ4n) is 4.81. The molecule has 0 saturated heterocycles. The van der Waals surface area contributed by atoms with Crippen molar-refractivity contribution < 1.29 is 27.5 Å². The van der Waals surface area contributed by atoms with Crippen LogP contribution in [0.2, 0.25) is 0 Å². The van der Waals surface area contributed by atoms with Crippen LogP contribution < -0.4 is 5.32 Å². The first-order valence-corrected chi connectivity index (χ1v) is 13.1. The van der Waals surface area contributed by atoms with Gasteiger partial charge < -0.3 is 15.0 Å². The van der Waals surface area contributed by atoms with Crippen LogP contribution in [-0.2, 0) is 14.9 Å². The lowest BCUT2D eigenvalue weighted by Crippen LogP contribution is -2.47. The van der Waals surface area contributed by atoms with Gasteiger partial charge in [0.05, 0.1) is 12.8 Å². The van der Waals surface area contributed by atoms with E-state index in [1.165, 1.54) is 18.0 Å². The van der Waals surface area contributed by atoms with Crippen LogP contribution in [0, 0.1) is 0 Å². The van der Waals surface area contributed by atoms with Crippen molar-refractivity contribution in [1.29, 1.82) is 0 Å². The maximum atomic E-state index is 13.5. The van der Waals surface area contributed by atoms with Gasteiger partial charge in [-0.3, -0.25) is 4.79 Å². The number of thioether (sulfide) groups is 1. The highest BCUT2D eigenvalue weighted by atomic mass is 32.2. The summed E-state index contributed by atoms with van der Waals surface area (Å²) < 4.78 is 43.9. The number of fused-ring (bicyclic) bond motifs is 3. The Hall–Kier alpha value is -3.27. The van der Waals surface area contributed by atoms with E-state index in [0.717, 1.165) is 40.8 Å². The number of hydrogen-bond donors (Lipinski definition) is 2. The first-order valence-electron chi connectivity index (χ1n) is 12.2. The molecule has 0 saturated carbocycles. The third-order valence-electron chi connectivity index (χ3n) is 6.38. The molecule has 1 aliphatic carbocycles. The third-order valence-corrected chi connectivity index (χ3v) is 7.36. The number of aromatic amines is 1. The Labute approximate surface area is 217 Å². The first-order chi connectivity index (χ1) is 17.8. The molecule has 37 heavy (non-hydrogen) atoms. The van der Waals surface area contributed by atoms with E-state index in [9.17, 15) is 22.8 Å². The number of benzene rings is 2. The van der Waals surface area contributed by atoms with Gasteiger partial charge >= 0.3 is 12.1 Å². The van der Waals surface area contributed by atoms with Gasteiger partial charge in [0.15, 0.2) is 5.16 Å². The summed E-state index contributed by atoms with van der Waals surface area (Å²) in [6.07, 6.45) is -0.428. The van der Waals surface area contributed by atoms with E-state index in [0.29, 0.717) is 23.7 Å². The molecule has 1 heterocycles. The van der Waals surface area contributed by atoms with Crippen LogP contribution in [-0.4, -0.2) is 46.9 Å². The van der Waals surface area contributed by atoms with Crippen molar-refractivity contribution in [1.82, 2.24) is 15.3 Å². The molecule has 1 amide bonds. The van der Waals surface area contributed by atoms with Crippen LogP contribution in [0.1, 0.15) is 54.2 Å². The predicted molar refractivity (Wildman–Crippen MR) is 135 cm³/mol. The number of rotatable bonds is 11. The lowest BCUT2D eigenvalue weighted by atomic mass is 9.73. The molecule has 196 valence electrons. The third kappa shape index (κ3) is 5.84. The molecule has 0 fully saturated rings. The lowest BCUT2D eigenvalue weighted by molar-refractivity contribution is -0.141. The molecule has 0 unspecified atom stereocenters. The first kappa shape index (κ1) is 26.8. The fourth-order valence-corrected chi connectivity index (χ4v) is 5.66. The van der Waals surface area contributed by atoms with Crippen LogP contribution in [0.25, 0.3) is 11.1 Å². The second-order valence-electron chi connectivity index (χ2n) is 8.78. The molecular weight excluding hydrogens is 503 g/mol. The number of H-pyrrole nitrogens is 1. The zero-order chi connectivity index (χ0) is 26.5. The van der Waals surface area contributed by atoms with E-state index >= 15 is 0 Å². The molecule has 0 bridgehead atoms. The van der Waals surface area contributed by atoms with Crippen molar-refractivity contribution in [2.75, 3.05) is 18.9 Å². The molecule has 1 aliphatic rings. The van der Waals surface area contributed by atoms with Crippen molar-refractivity contribution in [3.8, 4) is 11.1 Å². The number of esters is 1. The summed E-state index contributed by atoms with van der Waals surface area (Å²) in [5.74, 6) is -0.345. The van der Waals surface area contributed by atoms with Gasteiger partial charge in [-0.2, -0.15) is 13.2 Å². The molecule has 0 atom stereocenters. The number of hydrogen-bond acceptors (Lipinski definition) is 5. The van der Waals surface area contributed by atoms with Crippen molar-refractivity contribution >= 4 is 23.6 Å². The zero-order valence-electron chi connectivity index (χ0n) is 20.4. The Morgan fingerprint density at radius 1 is 1.03 bits per heavy atom. The summed E-state index contributed by atoms with van der Waals surface area (Å²) in [6.45, 7) is 0.646. The number of nitrogens with one attached hydrogen (secondary N) is 2. The number of nitrogens with zero attached hydrogens (tertiary/aromatic N) is 1. The number of aromatic nitrogens is 2. The molecule has 3 aromatic rings. The number of carbonyl (C=O) groups excluding carboxylic acids is 2. The van der Waals surface area contributed by atoms with Crippen molar-refractivity contribution in [2.24, 2.45) is 0 Å². The Morgan fingerprint density at radius 2 is 1.68 bits per heavy atom. The highest BCUT2D eigenvalue weighted by molar-refractivity contribution is 7.99. The Balaban J connectivity index is 1.44. The van der Waals surface area contributed by atoms with Gasteiger partial charge in [0.2, 0.25) is 5.91 Å². The predicted octanol–water partition coefficient (Wildman–Crippen LogP) is 5.88. The van der Waals surface area contributed by atoms with Gasteiger partial charge in [-0.25, -0.2) is 9.78 Å². The number of carbonyl (C=O) groups is 2. The van der Waals surface area contributed by atoms with Gasteiger partial charge in [-0.05, 0) is 42.0 Å². The maximum Gasteiger partial charge on any atom is 0.405 e. The SMILES string of the molecule is CCOC(=O)c1cnc(SCCCCCC2(C(=O)NCC(F)(F)F)c3ccccc3-c3ccccc32)[nH]1. The van der Waals surface area contributed by atoms with Gasteiger partial charge in [-0.1, -0.05) is 73.1 Å². The maximum absolute atomic E-state index is 13.5. The number of halogens is 3. The summed E-state index contributed by atoms with van der Waals surface area (Å²) in [6, 6.07) is 14.9. The van der Waals surface area contributed by atoms with E-state index < -0.39 is 30.0 Å². The highest BCUT2D eigenvalue weighted by Gasteiger charge is 2.49. The largest absolute Gasteiger partial charge is 0.461 e. The zero-order valence-corrected chi connectivity index (χ0v) is 21.2. The van der Waals surface area contributed by atoms with Gasteiger partial charge in [0.1, 0.15) is 17.7 Å². The molecule has 4 rings (SSSR count). The second-order valence-corrected chi connectivity index (χ2v) is 9.86. The van der Waals surface area contributed by atoms with E-state index in [1.807, 2.05) is 48.5 Å². The summed E-state index contributed by atoms with van der Waals surface area (Å²) >= 11 is 1.47. The monoisotopic (exact) mass is 531 g/mol. The average molecular weight is 532 g/mol. The molecule has 6 nitrogen and oxygen atoms in total. The number of imidazole rings is 1. The molecular formula is C27H28F3N3O3S. The lowest BCUT2D eigenvalue weighted by Gasteiger charge is -2.31. The molecule has 1 aromatic heterocycles. The topological polar surface area (TPSA) is 84.1 Å². The summed E-state index contributed by atoms with van der Waals surface area (Å²) in [4.78, 5) is 32.4. The summed E-state index contributed by atoms with van der Waals surface area (Å²) in [5.41, 5.74) is 2.37. The summed E-state index contributed by atoms with van der Waals surface area (Å²) in [7, 11) is 0. The Kier molecular flexibility index (Phi) is 8.26. The molecule has 2 aromatic carbocycles. The van der Waals surface area contributed by atoms with Gasteiger partial charge in [0.25, 0.3) is 0 Å². The van der Waals surface area contributed by atoms with Gasteiger partial charge in [0, 0.05) is 5.75 Å². The standard InChI is InChI=1S/C27H28F3N3O3S/c1-2-36-23(34)22-16-31-25(33-22)37-15-9-3-8-14-26(24(35)32-17-27(28,29)30)20-12-6-4-10-18(20)19-11-5-7-13-21(19)26/h4-7,10-13,16H,2-3,8-9,14-15,17H2,1H3,(H,31,33)(H,32,35). The molecule has 0 spiro atoms. The minimum absolute atomic E-state index is 0.283. The Bertz CT molecular complexity index is 1210. The minimum Gasteiger partial charge on any atom is -0.461 e. The second kappa shape index (κ2) is 11.4. The number of ether oxygens (including phenoxy) is 1. The molecule has 2 N–H and O–H groups in total. The van der Waals surface area contributed by atoms with Crippen molar-refractivity contribution in [2.45, 2.75) is 49.4 Å². The van der Waals surface area contributed by atoms with E-state index in [2.05, 4.69) is 15.3 Å².